The molecule has 0 radical (unpaired) electrons. The number of aliphatic hydroxyl groups is 1. The van der Waals surface area contributed by atoms with Crippen LogP contribution in [-0.4, -0.2) is 16.5 Å². The fourth-order valence-electron chi connectivity index (χ4n) is 2.22. The first-order valence-corrected chi connectivity index (χ1v) is 6.16. The number of nitrogens with two attached hydrogens (primary N) is 1. The molecule has 4 nitrogen and oxygen atoms in total. The van der Waals surface area contributed by atoms with E-state index in [1.807, 2.05) is 30.3 Å². The Bertz CT molecular complexity index is 644. The van der Waals surface area contributed by atoms with E-state index in [1.165, 1.54) is 11.3 Å². The molecule has 0 aliphatic carbocycles. The Hall–Kier alpha value is -1.88. The lowest BCUT2D eigenvalue weighted by molar-refractivity contribution is -0.0373. The number of halogens is 1. The topological polar surface area (TPSA) is 61.8 Å². The second kappa shape index (κ2) is 4.35. The summed E-state index contributed by atoms with van der Waals surface area (Å²) in [6.45, 7) is 0. The van der Waals surface area contributed by atoms with Crippen molar-refractivity contribution in [3.8, 4) is 0 Å². The molecule has 1 heterocycles. The van der Waals surface area contributed by atoms with Crippen molar-refractivity contribution in [3.05, 3.63) is 64.7 Å². The minimum Gasteiger partial charge on any atom is -0.362 e. The lowest BCUT2D eigenvalue weighted by Gasteiger charge is -2.39. The van der Waals surface area contributed by atoms with Crippen LogP contribution in [0.25, 0.3) is 0 Å². The van der Waals surface area contributed by atoms with Crippen LogP contribution < -0.4 is 5.84 Å². The van der Waals surface area contributed by atoms with Gasteiger partial charge in [0.2, 0.25) is 5.72 Å². The van der Waals surface area contributed by atoms with Gasteiger partial charge in [-0.15, -0.1) is 0 Å². The zero-order valence-electron chi connectivity index (χ0n) is 9.99. The van der Waals surface area contributed by atoms with Crippen LogP contribution in [0.3, 0.4) is 0 Å². The third kappa shape index (κ3) is 1.81. The highest BCUT2D eigenvalue weighted by Crippen LogP contribution is 2.40. The number of hydrazine groups is 1. The van der Waals surface area contributed by atoms with Crippen molar-refractivity contribution in [2.75, 3.05) is 0 Å². The van der Waals surface area contributed by atoms with Gasteiger partial charge in [-0.1, -0.05) is 41.9 Å². The summed E-state index contributed by atoms with van der Waals surface area (Å²) in [6, 6.07) is 14.4. The molecule has 1 aliphatic heterocycles. The maximum absolute atomic E-state index is 11.0. The standard InChI is InChI=1S/C14H12ClN3O/c15-11-6-7-13-12(8-11)14(19,18(16)9-17-13)10-4-2-1-3-5-10/h1-9,19H,16H2/t14-/m0/s1. The van der Waals surface area contributed by atoms with Crippen LogP contribution in [0.4, 0.5) is 5.69 Å². The third-order valence-electron chi connectivity index (χ3n) is 3.21. The SMILES string of the molecule is NN1C=Nc2ccc(Cl)cc2[C@@]1(O)c1ccccc1. The first-order valence-electron chi connectivity index (χ1n) is 5.78. The molecule has 0 spiro atoms. The van der Waals surface area contributed by atoms with Gasteiger partial charge >= 0.3 is 0 Å². The van der Waals surface area contributed by atoms with Crippen LogP contribution >= 0.6 is 11.6 Å². The smallest absolute Gasteiger partial charge is 0.207 e. The normalized spacial score (nSPS) is 21.3. The molecular weight excluding hydrogens is 262 g/mol. The first-order chi connectivity index (χ1) is 9.12. The summed E-state index contributed by atoms with van der Waals surface area (Å²) < 4.78 is 0. The predicted octanol–water partition coefficient (Wildman–Crippen LogP) is 2.38. The molecule has 2 aromatic carbocycles. The van der Waals surface area contributed by atoms with Crippen LogP contribution in [0, 0.1) is 0 Å². The van der Waals surface area contributed by atoms with Gasteiger partial charge in [-0.3, -0.25) is 5.01 Å². The Labute approximate surface area is 115 Å². The molecule has 2 aromatic rings. The zero-order chi connectivity index (χ0) is 13.5. The molecule has 3 rings (SSSR count). The Balaban J connectivity index is 2.26. The second-order valence-electron chi connectivity index (χ2n) is 4.35. The second-order valence-corrected chi connectivity index (χ2v) is 4.79. The molecular formula is C14H12ClN3O. The molecule has 3 N–H and O–H groups in total. The maximum Gasteiger partial charge on any atom is 0.207 e. The molecule has 0 saturated carbocycles. The highest BCUT2D eigenvalue weighted by atomic mass is 35.5. The van der Waals surface area contributed by atoms with E-state index >= 15 is 0 Å². The molecule has 0 bridgehead atoms. The van der Waals surface area contributed by atoms with E-state index < -0.39 is 5.72 Å². The summed E-state index contributed by atoms with van der Waals surface area (Å²) >= 11 is 6.02. The van der Waals surface area contributed by atoms with Gasteiger partial charge in [0.05, 0.1) is 5.69 Å². The van der Waals surface area contributed by atoms with Gasteiger partial charge in [-0.2, -0.15) is 0 Å². The number of rotatable bonds is 1. The largest absolute Gasteiger partial charge is 0.362 e. The molecule has 1 atom stereocenters. The monoisotopic (exact) mass is 273 g/mol. The summed E-state index contributed by atoms with van der Waals surface area (Å²) in [5.74, 6) is 5.90. The number of hydrogen-bond donors (Lipinski definition) is 2. The van der Waals surface area contributed by atoms with Crippen molar-refractivity contribution in [1.82, 2.24) is 5.01 Å². The summed E-state index contributed by atoms with van der Waals surface area (Å²) in [6.07, 6.45) is 1.41. The van der Waals surface area contributed by atoms with Gasteiger partial charge in [0, 0.05) is 16.1 Å². The van der Waals surface area contributed by atoms with Gasteiger partial charge in [-0.05, 0) is 18.2 Å². The molecule has 0 fully saturated rings. The predicted molar refractivity (Wildman–Crippen MR) is 75.1 cm³/mol. The average Bonchev–Trinajstić information content (AvgIpc) is 2.44. The number of nitrogens with zero attached hydrogens (tertiary/aromatic N) is 2. The van der Waals surface area contributed by atoms with E-state index in [9.17, 15) is 5.11 Å². The number of aliphatic imine (C=N–C) groups is 1. The molecule has 5 heteroatoms. The maximum atomic E-state index is 11.0. The fourth-order valence-corrected chi connectivity index (χ4v) is 2.39. The van der Waals surface area contributed by atoms with E-state index in [0.29, 0.717) is 21.8 Å². The van der Waals surface area contributed by atoms with Crippen LogP contribution in [-0.2, 0) is 5.72 Å². The average molecular weight is 274 g/mol. The van der Waals surface area contributed by atoms with Gasteiger partial charge in [0.15, 0.2) is 0 Å². The number of fused-ring (bicyclic) bond motifs is 1. The number of hydrogen-bond acceptors (Lipinski definition) is 4. The van der Waals surface area contributed by atoms with Crippen molar-refractivity contribution in [1.29, 1.82) is 0 Å². The van der Waals surface area contributed by atoms with Crippen molar-refractivity contribution in [3.63, 3.8) is 0 Å². The molecule has 0 saturated heterocycles. The molecule has 1 aliphatic rings. The van der Waals surface area contributed by atoms with Crippen LogP contribution in [0.15, 0.2) is 53.5 Å². The lowest BCUT2D eigenvalue weighted by atomic mass is 9.91. The summed E-state index contributed by atoms with van der Waals surface area (Å²) in [7, 11) is 0. The van der Waals surface area contributed by atoms with E-state index in [4.69, 9.17) is 17.4 Å². The van der Waals surface area contributed by atoms with Crippen LogP contribution in [0.2, 0.25) is 5.02 Å². The minimum atomic E-state index is -1.47. The molecule has 0 amide bonds. The third-order valence-corrected chi connectivity index (χ3v) is 3.44. The lowest BCUT2D eigenvalue weighted by Crippen LogP contribution is -2.52. The van der Waals surface area contributed by atoms with E-state index in [-0.39, 0.29) is 0 Å². The zero-order valence-corrected chi connectivity index (χ0v) is 10.7. The molecule has 96 valence electrons. The molecule has 0 aromatic heterocycles. The Kier molecular flexibility index (Phi) is 2.78. The van der Waals surface area contributed by atoms with Gasteiger partial charge in [0.1, 0.15) is 6.34 Å². The molecule has 19 heavy (non-hydrogen) atoms. The number of benzene rings is 2. The van der Waals surface area contributed by atoms with Crippen molar-refractivity contribution in [2.24, 2.45) is 10.8 Å². The fraction of sp³-hybridized carbons (Fsp3) is 0.0714. The quantitative estimate of drug-likeness (QED) is 0.784. The van der Waals surface area contributed by atoms with Crippen LogP contribution in [0.5, 0.6) is 0 Å². The van der Waals surface area contributed by atoms with E-state index in [1.54, 1.807) is 18.2 Å². The summed E-state index contributed by atoms with van der Waals surface area (Å²) in [5, 5.41) is 12.7. The molecule has 0 unspecified atom stereocenters. The summed E-state index contributed by atoms with van der Waals surface area (Å²) in [4.78, 5) is 4.19. The highest BCUT2D eigenvalue weighted by Gasteiger charge is 2.40. The van der Waals surface area contributed by atoms with Gasteiger partial charge in [-0.25, -0.2) is 10.8 Å². The highest BCUT2D eigenvalue weighted by molar-refractivity contribution is 6.30. The Morgan fingerprint density at radius 3 is 2.63 bits per heavy atom. The Morgan fingerprint density at radius 1 is 1.16 bits per heavy atom. The van der Waals surface area contributed by atoms with Crippen molar-refractivity contribution >= 4 is 23.6 Å². The Morgan fingerprint density at radius 2 is 1.89 bits per heavy atom. The van der Waals surface area contributed by atoms with Gasteiger partial charge in [0.25, 0.3) is 0 Å². The van der Waals surface area contributed by atoms with Crippen molar-refractivity contribution in [2.45, 2.75) is 5.72 Å². The summed E-state index contributed by atoms with van der Waals surface area (Å²) in [5.41, 5.74) is 0.407. The van der Waals surface area contributed by atoms with Crippen molar-refractivity contribution < 1.29 is 5.11 Å². The first kappa shape index (κ1) is 12.2. The van der Waals surface area contributed by atoms with Crippen LogP contribution in [0.1, 0.15) is 11.1 Å². The minimum absolute atomic E-state index is 0.526. The van der Waals surface area contributed by atoms with E-state index in [0.717, 1.165) is 0 Å². The van der Waals surface area contributed by atoms with Gasteiger partial charge < -0.3 is 5.11 Å². The van der Waals surface area contributed by atoms with E-state index in [2.05, 4.69) is 4.99 Å².